The van der Waals surface area contributed by atoms with Crippen molar-refractivity contribution in [2.24, 2.45) is 11.7 Å². The Balaban J connectivity index is 1.62. The van der Waals surface area contributed by atoms with E-state index in [0.717, 1.165) is 24.9 Å². The van der Waals surface area contributed by atoms with Gasteiger partial charge in [0.25, 0.3) is 0 Å². The monoisotopic (exact) mass is 271 g/mol. The molecule has 20 heavy (non-hydrogen) atoms. The number of benzene rings is 1. The summed E-state index contributed by atoms with van der Waals surface area (Å²) in [5.41, 5.74) is 8.86. The average molecular weight is 271 g/mol. The molecule has 0 aromatic heterocycles. The van der Waals surface area contributed by atoms with Crippen molar-refractivity contribution in [3.8, 4) is 0 Å². The highest BCUT2D eigenvalue weighted by Gasteiger charge is 2.41. The lowest BCUT2D eigenvalue weighted by molar-refractivity contribution is 0.239. The van der Waals surface area contributed by atoms with Gasteiger partial charge in [-0.05, 0) is 49.9 Å². The predicted molar refractivity (Wildman–Crippen MR) is 83.2 cm³/mol. The Morgan fingerprint density at radius 3 is 2.85 bits per heavy atom. The fourth-order valence-corrected chi connectivity index (χ4v) is 4.63. The molecule has 0 radical (unpaired) electrons. The Kier molecular flexibility index (Phi) is 3.20. The SMILES string of the molecule is NCCC1CN(C2CCN3CCC2C3)c2ccccc21. The summed E-state index contributed by atoms with van der Waals surface area (Å²) in [6.45, 7) is 5.93. The van der Waals surface area contributed by atoms with E-state index in [1.54, 1.807) is 5.56 Å². The minimum Gasteiger partial charge on any atom is -0.367 e. The smallest absolute Gasteiger partial charge is 0.0405 e. The van der Waals surface area contributed by atoms with Gasteiger partial charge in [0.15, 0.2) is 0 Å². The van der Waals surface area contributed by atoms with Crippen molar-refractivity contribution >= 4 is 5.69 Å². The molecule has 2 N–H and O–H groups in total. The number of rotatable bonds is 3. The number of anilines is 1. The summed E-state index contributed by atoms with van der Waals surface area (Å²) in [4.78, 5) is 5.36. The van der Waals surface area contributed by atoms with Crippen LogP contribution in [-0.2, 0) is 0 Å². The van der Waals surface area contributed by atoms with Crippen LogP contribution in [0.5, 0.6) is 0 Å². The van der Waals surface area contributed by atoms with Gasteiger partial charge in [-0.2, -0.15) is 0 Å². The van der Waals surface area contributed by atoms with Gasteiger partial charge >= 0.3 is 0 Å². The fraction of sp³-hybridized carbons (Fsp3) is 0.647. The van der Waals surface area contributed by atoms with Crippen molar-refractivity contribution in [1.82, 2.24) is 4.90 Å². The Labute approximate surface area is 121 Å². The summed E-state index contributed by atoms with van der Waals surface area (Å²) in [7, 11) is 0. The molecule has 2 bridgehead atoms. The molecule has 0 aliphatic carbocycles. The third kappa shape index (κ3) is 1.95. The van der Waals surface area contributed by atoms with Crippen LogP contribution in [0.3, 0.4) is 0 Å². The van der Waals surface area contributed by atoms with E-state index in [1.807, 2.05) is 0 Å². The third-order valence-corrected chi connectivity index (χ3v) is 5.61. The standard InChI is InChI=1S/C17H25N3/c18-8-5-13-12-20(17-4-2-1-3-15(13)17)16-7-10-19-9-6-14(16)11-19/h1-4,13-14,16H,5-12,18H2. The number of piperidine rings is 1. The lowest BCUT2D eigenvalue weighted by Crippen LogP contribution is -2.46. The van der Waals surface area contributed by atoms with E-state index in [-0.39, 0.29) is 0 Å². The van der Waals surface area contributed by atoms with Gasteiger partial charge in [0.1, 0.15) is 0 Å². The first kappa shape index (κ1) is 12.7. The Morgan fingerprint density at radius 2 is 1.95 bits per heavy atom. The highest BCUT2D eigenvalue weighted by atomic mass is 15.2. The Morgan fingerprint density at radius 1 is 1.10 bits per heavy atom. The van der Waals surface area contributed by atoms with Gasteiger partial charge in [0.05, 0.1) is 0 Å². The molecule has 3 heteroatoms. The zero-order valence-corrected chi connectivity index (χ0v) is 12.2. The second-order valence-corrected chi connectivity index (χ2v) is 6.69. The van der Waals surface area contributed by atoms with Crippen molar-refractivity contribution in [3.05, 3.63) is 29.8 Å². The number of nitrogens with zero attached hydrogens (tertiary/aromatic N) is 2. The molecule has 0 spiro atoms. The molecule has 3 aliphatic rings. The molecule has 4 atom stereocenters. The lowest BCUT2D eigenvalue weighted by Gasteiger charge is -2.38. The average Bonchev–Trinajstić information content (AvgIpc) is 3.03. The molecule has 3 nitrogen and oxygen atoms in total. The molecule has 3 heterocycles. The van der Waals surface area contributed by atoms with E-state index < -0.39 is 0 Å². The van der Waals surface area contributed by atoms with Crippen molar-refractivity contribution in [2.45, 2.75) is 31.2 Å². The summed E-state index contributed by atoms with van der Waals surface area (Å²) < 4.78 is 0. The minimum absolute atomic E-state index is 0.649. The number of hydrogen-bond donors (Lipinski definition) is 1. The maximum Gasteiger partial charge on any atom is 0.0405 e. The third-order valence-electron chi connectivity index (χ3n) is 5.61. The molecule has 4 unspecified atom stereocenters. The van der Waals surface area contributed by atoms with Gasteiger partial charge in [-0.1, -0.05) is 18.2 Å². The normalized spacial score (nSPS) is 35.4. The number of fused-ring (bicyclic) bond motifs is 3. The molecule has 4 rings (SSSR count). The first-order chi connectivity index (χ1) is 9.86. The van der Waals surface area contributed by atoms with E-state index in [2.05, 4.69) is 34.1 Å². The molecule has 0 amide bonds. The molecule has 2 saturated heterocycles. The second kappa shape index (κ2) is 5.05. The molecule has 0 saturated carbocycles. The summed E-state index contributed by atoms with van der Waals surface area (Å²) in [6.07, 6.45) is 3.86. The first-order valence-corrected chi connectivity index (χ1v) is 8.15. The summed E-state index contributed by atoms with van der Waals surface area (Å²) in [5.74, 6) is 1.53. The maximum atomic E-state index is 5.82. The molecule has 1 aromatic carbocycles. The summed E-state index contributed by atoms with van der Waals surface area (Å²) in [6, 6.07) is 9.79. The van der Waals surface area contributed by atoms with Crippen LogP contribution >= 0.6 is 0 Å². The van der Waals surface area contributed by atoms with Gasteiger partial charge in [-0.25, -0.2) is 0 Å². The zero-order chi connectivity index (χ0) is 13.5. The van der Waals surface area contributed by atoms with Gasteiger partial charge < -0.3 is 15.5 Å². The van der Waals surface area contributed by atoms with Gasteiger partial charge in [-0.15, -0.1) is 0 Å². The van der Waals surface area contributed by atoms with Crippen LogP contribution in [0.2, 0.25) is 0 Å². The number of hydrogen-bond acceptors (Lipinski definition) is 3. The molecular weight excluding hydrogens is 246 g/mol. The van der Waals surface area contributed by atoms with Gasteiger partial charge in [0, 0.05) is 37.3 Å². The van der Waals surface area contributed by atoms with Crippen molar-refractivity contribution in [2.75, 3.05) is 37.6 Å². The zero-order valence-electron chi connectivity index (χ0n) is 12.2. The number of para-hydroxylation sites is 1. The second-order valence-electron chi connectivity index (χ2n) is 6.69. The number of nitrogens with two attached hydrogens (primary N) is 1. The van der Waals surface area contributed by atoms with Crippen LogP contribution in [0.15, 0.2) is 24.3 Å². The van der Waals surface area contributed by atoms with Crippen molar-refractivity contribution in [1.29, 1.82) is 0 Å². The highest BCUT2D eigenvalue weighted by Crippen LogP contribution is 2.42. The van der Waals surface area contributed by atoms with Crippen LogP contribution in [-0.4, -0.2) is 43.7 Å². The molecular formula is C17H25N3. The summed E-state index contributed by atoms with van der Waals surface area (Å²) in [5, 5.41) is 0. The molecule has 2 fully saturated rings. The van der Waals surface area contributed by atoms with E-state index in [4.69, 9.17) is 5.73 Å². The lowest BCUT2D eigenvalue weighted by atomic mass is 9.92. The molecule has 3 aliphatic heterocycles. The van der Waals surface area contributed by atoms with E-state index in [0.29, 0.717) is 5.92 Å². The summed E-state index contributed by atoms with van der Waals surface area (Å²) >= 11 is 0. The Bertz CT molecular complexity index is 487. The van der Waals surface area contributed by atoms with Crippen molar-refractivity contribution in [3.63, 3.8) is 0 Å². The Hall–Kier alpha value is -1.06. The van der Waals surface area contributed by atoms with Crippen LogP contribution in [0.1, 0.15) is 30.7 Å². The van der Waals surface area contributed by atoms with Crippen molar-refractivity contribution < 1.29 is 0 Å². The topological polar surface area (TPSA) is 32.5 Å². The highest BCUT2D eigenvalue weighted by molar-refractivity contribution is 5.61. The van der Waals surface area contributed by atoms with Gasteiger partial charge in [0.2, 0.25) is 0 Å². The maximum absolute atomic E-state index is 5.82. The fourth-order valence-electron chi connectivity index (χ4n) is 4.63. The molecule has 1 aromatic rings. The van der Waals surface area contributed by atoms with Crippen LogP contribution in [0.4, 0.5) is 5.69 Å². The quantitative estimate of drug-likeness (QED) is 0.913. The van der Waals surface area contributed by atoms with Crippen LogP contribution < -0.4 is 10.6 Å². The largest absolute Gasteiger partial charge is 0.367 e. The van der Waals surface area contributed by atoms with E-state index >= 15 is 0 Å². The first-order valence-electron chi connectivity index (χ1n) is 8.15. The van der Waals surface area contributed by atoms with Crippen LogP contribution in [0.25, 0.3) is 0 Å². The predicted octanol–water partition coefficient (Wildman–Crippen LogP) is 2.03. The van der Waals surface area contributed by atoms with Crippen LogP contribution in [0, 0.1) is 5.92 Å². The minimum atomic E-state index is 0.649. The molecule has 108 valence electrons. The van der Waals surface area contributed by atoms with E-state index in [9.17, 15) is 0 Å². The van der Waals surface area contributed by atoms with Gasteiger partial charge in [-0.3, -0.25) is 0 Å². The van der Waals surface area contributed by atoms with E-state index in [1.165, 1.54) is 44.7 Å².